The van der Waals surface area contributed by atoms with Crippen LogP contribution in [0.2, 0.25) is 0 Å². The summed E-state index contributed by atoms with van der Waals surface area (Å²) in [6.45, 7) is 3.73. The van der Waals surface area contributed by atoms with Crippen molar-refractivity contribution in [2.75, 3.05) is 6.54 Å². The highest BCUT2D eigenvalue weighted by Gasteiger charge is 2.36. The summed E-state index contributed by atoms with van der Waals surface area (Å²) in [5.41, 5.74) is 5.99. The molecule has 0 saturated heterocycles. The lowest BCUT2D eigenvalue weighted by Crippen LogP contribution is -2.43. The number of amides is 1. The molecule has 28 heavy (non-hydrogen) atoms. The second-order valence-electron chi connectivity index (χ2n) is 8.12. The molecule has 2 aliphatic rings. The van der Waals surface area contributed by atoms with Gasteiger partial charge in [-0.3, -0.25) is 4.79 Å². The van der Waals surface area contributed by atoms with Crippen molar-refractivity contribution in [1.82, 2.24) is 9.47 Å². The number of carbonyl (C=O) groups excluding carboxylic acids is 1. The smallest absolute Gasteiger partial charge is 0.223 e. The van der Waals surface area contributed by atoms with Crippen molar-refractivity contribution >= 4 is 16.8 Å². The number of aryl methyl sites for hydroxylation is 3. The fourth-order valence-electron chi connectivity index (χ4n) is 5.10. The van der Waals surface area contributed by atoms with Crippen molar-refractivity contribution in [1.29, 1.82) is 0 Å². The Kier molecular flexibility index (Phi) is 4.22. The third-order valence-electron chi connectivity index (χ3n) is 6.42. The Bertz CT molecular complexity index is 1070. The topological polar surface area (TPSA) is 25.2 Å². The van der Waals surface area contributed by atoms with Gasteiger partial charge in [0.25, 0.3) is 0 Å². The summed E-state index contributed by atoms with van der Waals surface area (Å²) in [6, 6.07) is 13.6. The lowest BCUT2D eigenvalue weighted by molar-refractivity contribution is -0.135. The first-order valence-corrected chi connectivity index (χ1v) is 10.3. The normalized spacial score (nSPS) is 18.4. The first kappa shape index (κ1) is 17.5. The molecule has 1 aromatic heterocycles. The van der Waals surface area contributed by atoms with Crippen molar-refractivity contribution in [3.8, 4) is 0 Å². The van der Waals surface area contributed by atoms with E-state index < -0.39 is 0 Å². The first-order valence-electron chi connectivity index (χ1n) is 10.3. The van der Waals surface area contributed by atoms with Gasteiger partial charge in [-0.25, -0.2) is 4.39 Å². The summed E-state index contributed by atoms with van der Waals surface area (Å²) in [5.74, 6) is -0.0711. The highest BCUT2D eigenvalue weighted by atomic mass is 19.1. The maximum absolute atomic E-state index is 13.9. The van der Waals surface area contributed by atoms with E-state index in [4.69, 9.17) is 0 Å². The van der Waals surface area contributed by atoms with E-state index in [1.807, 2.05) is 6.07 Å². The fourth-order valence-corrected chi connectivity index (χ4v) is 5.10. The Labute approximate surface area is 164 Å². The van der Waals surface area contributed by atoms with Gasteiger partial charge in [-0.2, -0.15) is 0 Å². The molecular weight excluding hydrogens is 351 g/mol. The molecule has 0 fully saturated rings. The molecule has 1 unspecified atom stereocenters. The third kappa shape index (κ3) is 2.74. The number of fused-ring (bicyclic) bond motifs is 3. The van der Waals surface area contributed by atoms with E-state index in [0.717, 1.165) is 32.4 Å². The average molecular weight is 376 g/mol. The minimum absolute atomic E-state index is 0.147. The zero-order valence-corrected chi connectivity index (χ0v) is 16.2. The number of rotatable bonds is 3. The minimum atomic E-state index is -0.218. The second-order valence-corrected chi connectivity index (χ2v) is 8.12. The monoisotopic (exact) mass is 376 g/mol. The second kappa shape index (κ2) is 6.77. The predicted octanol–water partition coefficient (Wildman–Crippen LogP) is 4.94. The van der Waals surface area contributed by atoms with Crippen molar-refractivity contribution in [3.05, 3.63) is 70.7 Å². The molecule has 1 atom stereocenters. The SMILES string of the molecule is Cc1ccc2c(c1)c1c3n2CCN(C(=O)CCc2ccccc2F)C3CCC1. The van der Waals surface area contributed by atoms with Gasteiger partial charge in [0, 0.05) is 36.1 Å². The van der Waals surface area contributed by atoms with Gasteiger partial charge >= 0.3 is 0 Å². The molecule has 0 spiro atoms. The number of nitrogens with zero attached hydrogens (tertiary/aromatic N) is 2. The number of hydrogen-bond acceptors (Lipinski definition) is 1. The minimum Gasteiger partial charge on any atom is -0.341 e. The molecule has 1 amide bonds. The predicted molar refractivity (Wildman–Crippen MR) is 109 cm³/mol. The largest absolute Gasteiger partial charge is 0.341 e. The van der Waals surface area contributed by atoms with Crippen LogP contribution < -0.4 is 0 Å². The fraction of sp³-hybridized carbons (Fsp3) is 0.375. The highest BCUT2D eigenvalue weighted by molar-refractivity contribution is 5.87. The molecule has 0 saturated carbocycles. The lowest BCUT2D eigenvalue weighted by atomic mass is 9.89. The van der Waals surface area contributed by atoms with E-state index in [9.17, 15) is 9.18 Å². The van der Waals surface area contributed by atoms with E-state index in [2.05, 4.69) is 34.6 Å². The van der Waals surface area contributed by atoms with Crippen LogP contribution in [0.1, 0.15) is 47.7 Å². The van der Waals surface area contributed by atoms with Gasteiger partial charge in [0.15, 0.2) is 0 Å². The van der Waals surface area contributed by atoms with Crippen LogP contribution in [0.15, 0.2) is 42.5 Å². The quantitative estimate of drug-likeness (QED) is 0.635. The van der Waals surface area contributed by atoms with Gasteiger partial charge in [-0.15, -0.1) is 0 Å². The molecule has 0 radical (unpaired) electrons. The summed E-state index contributed by atoms with van der Waals surface area (Å²) in [7, 11) is 0. The number of aromatic nitrogens is 1. The average Bonchev–Trinajstić information content (AvgIpc) is 3.02. The molecule has 2 heterocycles. The van der Waals surface area contributed by atoms with Crippen LogP contribution in [-0.4, -0.2) is 21.9 Å². The molecule has 0 bridgehead atoms. The maximum atomic E-state index is 13.9. The number of carbonyl (C=O) groups is 1. The van der Waals surface area contributed by atoms with Crippen LogP contribution in [-0.2, 0) is 24.2 Å². The van der Waals surface area contributed by atoms with Gasteiger partial charge in [-0.1, -0.05) is 29.8 Å². The van der Waals surface area contributed by atoms with Crippen LogP contribution in [0, 0.1) is 12.7 Å². The van der Waals surface area contributed by atoms with Crippen molar-refractivity contribution in [3.63, 3.8) is 0 Å². The molecule has 4 heteroatoms. The molecule has 5 rings (SSSR count). The summed E-state index contributed by atoms with van der Waals surface area (Å²) in [5, 5.41) is 1.36. The number of hydrogen-bond donors (Lipinski definition) is 0. The molecule has 3 aromatic rings. The van der Waals surface area contributed by atoms with Crippen molar-refractivity contribution in [2.45, 2.75) is 51.6 Å². The Hall–Kier alpha value is -2.62. The zero-order valence-electron chi connectivity index (χ0n) is 16.2. The van der Waals surface area contributed by atoms with E-state index in [1.54, 1.807) is 12.1 Å². The summed E-state index contributed by atoms with van der Waals surface area (Å²) < 4.78 is 16.3. The molecule has 0 N–H and O–H groups in total. The van der Waals surface area contributed by atoms with Crippen LogP contribution >= 0.6 is 0 Å². The summed E-state index contributed by atoms with van der Waals surface area (Å²) >= 11 is 0. The highest BCUT2D eigenvalue weighted by Crippen LogP contribution is 2.43. The van der Waals surface area contributed by atoms with E-state index >= 15 is 0 Å². The van der Waals surface area contributed by atoms with Crippen LogP contribution in [0.3, 0.4) is 0 Å². The zero-order chi connectivity index (χ0) is 19.3. The number of benzene rings is 2. The molecule has 1 aliphatic heterocycles. The van der Waals surface area contributed by atoms with Crippen molar-refractivity contribution in [2.24, 2.45) is 0 Å². The molecule has 144 valence electrons. The Morgan fingerprint density at radius 2 is 2.04 bits per heavy atom. The maximum Gasteiger partial charge on any atom is 0.223 e. The van der Waals surface area contributed by atoms with Crippen LogP contribution in [0.4, 0.5) is 4.39 Å². The van der Waals surface area contributed by atoms with Gasteiger partial charge in [-0.05, 0) is 61.9 Å². The lowest BCUT2D eigenvalue weighted by Gasteiger charge is -2.40. The molecule has 1 aliphatic carbocycles. The van der Waals surface area contributed by atoms with E-state index in [1.165, 1.54) is 33.8 Å². The molecule has 2 aromatic carbocycles. The van der Waals surface area contributed by atoms with Gasteiger partial charge in [0.2, 0.25) is 5.91 Å². The first-order chi connectivity index (χ1) is 13.6. The van der Waals surface area contributed by atoms with Crippen LogP contribution in [0.25, 0.3) is 10.9 Å². The van der Waals surface area contributed by atoms with Gasteiger partial charge in [0.05, 0.1) is 6.04 Å². The molecular formula is C24H25FN2O. The van der Waals surface area contributed by atoms with Crippen molar-refractivity contribution < 1.29 is 9.18 Å². The Morgan fingerprint density at radius 3 is 2.89 bits per heavy atom. The van der Waals surface area contributed by atoms with Gasteiger partial charge < -0.3 is 9.47 Å². The van der Waals surface area contributed by atoms with E-state index in [0.29, 0.717) is 18.4 Å². The Morgan fingerprint density at radius 1 is 1.18 bits per heavy atom. The van der Waals surface area contributed by atoms with E-state index in [-0.39, 0.29) is 17.8 Å². The number of halogens is 1. The standard InChI is InChI=1S/C24H25FN2O/c1-16-9-11-21-19(15-16)18-6-4-8-22-24(18)27(21)14-13-26(22)23(28)12-10-17-5-2-3-7-20(17)25/h2-3,5,7,9,11,15,22H,4,6,8,10,12-14H2,1H3. The summed E-state index contributed by atoms with van der Waals surface area (Å²) in [6.07, 6.45) is 4.06. The Balaban J connectivity index is 1.44. The third-order valence-corrected chi connectivity index (χ3v) is 6.42. The summed E-state index contributed by atoms with van der Waals surface area (Å²) in [4.78, 5) is 15.1. The van der Waals surface area contributed by atoms with Gasteiger partial charge in [0.1, 0.15) is 5.82 Å². The van der Waals surface area contributed by atoms with Crippen LogP contribution in [0.5, 0.6) is 0 Å². The molecule has 3 nitrogen and oxygen atoms in total.